The number of thiazole rings is 1. The highest BCUT2D eigenvalue weighted by molar-refractivity contribution is 7.09. The first kappa shape index (κ1) is 13.6. The summed E-state index contributed by atoms with van der Waals surface area (Å²) in [6.07, 6.45) is 6.50. The third kappa shape index (κ3) is 3.38. The highest BCUT2D eigenvalue weighted by Crippen LogP contribution is 2.10. The van der Waals surface area contributed by atoms with Crippen LogP contribution in [0.2, 0.25) is 0 Å². The summed E-state index contributed by atoms with van der Waals surface area (Å²) in [6.45, 7) is 0.603. The zero-order chi connectivity index (χ0) is 14.5. The highest BCUT2D eigenvalue weighted by Gasteiger charge is 2.05. The first-order valence-electron chi connectivity index (χ1n) is 6.73. The summed E-state index contributed by atoms with van der Waals surface area (Å²) >= 11 is 1.61. The van der Waals surface area contributed by atoms with Crippen molar-refractivity contribution in [2.24, 2.45) is 0 Å². The molecule has 5 heteroatoms. The van der Waals surface area contributed by atoms with Crippen molar-refractivity contribution in [3.8, 4) is 5.69 Å². The lowest BCUT2D eigenvalue weighted by Crippen LogP contribution is -2.25. The first-order chi connectivity index (χ1) is 10.3. The van der Waals surface area contributed by atoms with Gasteiger partial charge in [0.15, 0.2) is 0 Å². The van der Waals surface area contributed by atoms with Gasteiger partial charge in [-0.15, -0.1) is 11.3 Å². The maximum Gasteiger partial charge on any atom is 0.251 e. The van der Waals surface area contributed by atoms with Gasteiger partial charge in [0.25, 0.3) is 5.91 Å². The van der Waals surface area contributed by atoms with Crippen molar-refractivity contribution in [3.63, 3.8) is 0 Å². The van der Waals surface area contributed by atoms with Crippen LogP contribution in [0, 0.1) is 0 Å². The number of rotatable bonds is 5. The number of nitrogens with one attached hydrogen (secondary N) is 1. The summed E-state index contributed by atoms with van der Waals surface area (Å²) in [6, 6.07) is 11.5. The van der Waals surface area contributed by atoms with Crippen LogP contribution in [0.25, 0.3) is 5.69 Å². The van der Waals surface area contributed by atoms with E-state index in [4.69, 9.17) is 0 Å². The first-order valence-corrected chi connectivity index (χ1v) is 7.61. The van der Waals surface area contributed by atoms with Gasteiger partial charge in [-0.05, 0) is 36.4 Å². The number of hydrogen-bond donors (Lipinski definition) is 1. The lowest BCUT2D eigenvalue weighted by molar-refractivity contribution is 0.0954. The van der Waals surface area contributed by atoms with E-state index in [0.29, 0.717) is 12.1 Å². The smallest absolute Gasteiger partial charge is 0.251 e. The molecular weight excluding hydrogens is 282 g/mol. The van der Waals surface area contributed by atoms with E-state index in [0.717, 1.165) is 17.1 Å². The van der Waals surface area contributed by atoms with Gasteiger partial charge >= 0.3 is 0 Å². The fourth-order valence-corrected chi connectivity index (χ4v) is 2.67. The van der Waals surface area contributed by atoms with Gasteiger partial charge in [0.2, 0.25) is 0 Å². The molecule has 0 saturated heterocycles. The van der Waals surface area contributed by atoms with E-state index >= 15 is 0 Å². The van der Waals surface area contributed by atoms with E-state index in [1.807, 2.05) is 58.7 Å². The molecule has 0 spiro atoms. The number of hydrogen-bond acceptors (Lipinski definition) is 3. The van der Waals surface area contributed by atoms with E-state index in [1.165, 1.54) is 0 Å². The number of carbonyl (C=O) groups is 1. The SMILES string of the molecule is O=C(NCCc1nccs1)c1ccc(-n2cccc2)cc1. The van der Waals surface area contributed by atoms with E-state index < -0.39 is 0 Å². The maximum atomic E-state index is 12.0. The molecule has 3 aromatic rings. The van der Waals surface area contributed by atoms with Crippen molar-refractivity contribution < 1.29 is 4.79 Å². The van der Waals surface area contributed by atoms with Crippen molar-refractivity contribution in [3.05, 3.63) is 70.9 Å². The minimum atomic E-state index is -0.0504. The van der Waals surface area contributed by atoms with Crippen LogP contribution < -0.4 is 5.32 Å². The second kappa shape index (κ2) is 6.37. The summed E-state index contributed by atoms with van der Waals surface area (Å²) in [5.74, 6) is -0.0504. The van der Waals surface area contributed by atoms with Crippen LogP contribution in [0.5, 0.6) is 0 Å². The van der Waals surface area contributed by atoms with E-state index in [1.54, 1.807) is 17.5 Å². The Balaban J connectivity index is 1.57. The molecule has 1 amide bonds. The van der Waals surface area contributed by atoms with Gasteiger partial charge in [0, 0.05) is 48.2 Å². The fraction of sp³-hybridized carbons (Fsp3) is 0.125. The Morgan fingerprint density at radius 3 is 2.62 bits per heavy atom. The number of aromatic nitrogens is 2. The lowest BCUT2D eigenvalue weighted by Gasteiger charge is -2.06. The van der Waals surface area contributed by atoms with Crippen LogP contribution in [0.4, 0.5) is 0 Å². The average Bonchev–Trinajstić information content (AvgIpc) is 3.21. The standard InChI is InChI=1S/C16H15N3OS/c20-16(18-8-7-15-17-9-12-21-15)13-3-5-14(6-4-13)19-10-1-2-11-19/h1-6,9-12H,7-8H2,(H,18,20). The van der Waals surface area contributed by atoms with E-state index in [9.17, 15) is 4.79 Å². The van der Waals surface area contributed by atoms with Crippen LogP contribution in [-0.4, -0.2) is 22.0 Å². The quantitative estimate of drug-likeness (QED) is 0.787. The third-order valence-electron chi connectivity index (χ3n) is 3.14. The molecule has 0 aliphatic heterocycles. The molecule has 1 N–H and O–H groups in total. The molecule has 0 aliphatic carbocycles. The predicted molar refractivity (Wildman–Crippen MR) is 83.9 cm³/mol. The molecule has 2 heterocycles. The number of benzene rings is 1. The maximum absolute atomic E-state index is 12.0. The largest absolute Gasteiger partial charge is 0.352 e. The van der Waals surface area contributed by atoms with Gasteiger partial charge in [0.1, 0.15) is 0 Å². The molecule has 21 heavy (non-hydrogen) atoms. The normalized spacial score (nSPS) is 10.5. The molecule has 1 aromatic carbocycles. The second-order valence-corrected chi connectivity index (χ2v) is 5.55. The molecule has 0 bridgehead atoms. The van der Waals surface area contributed by atoms with Crippen molar-refractivity contribution in [1.82, 2.24) is 14.9 Å². The fourth-order valence-electron chi connectivity index (χ4n) is 2.05. The average molecular weight is 297 g/mol. The molecule has 0 atom stereocenters. The zero-order valence-corrected chi connectivity index (χ0v) is 12.2. The minimum Gasteiger partial charge on any atom is -0.352 e. The Hall–Kier alpha value is -2.40. The van der Waals surface area contributed by atoms with Crippen LogP contribution in [0.15, 0.2) is 60.4 Å². The summed E-state index contributed by atoms with van der Waals surface area (Å²) in [5.41, 5.74) is 1.71. The van der Waals surface area contributed by atoms with Gasteiger partial charge in [-0.1, -0.05) is 0 Å². The molecule has 2 aromatic heterocycles. The summed E-state index contributed by atoms with van der Waals surface area (Å²) < 4.78 is 2.00. The summed E-state index contributed by atoms with van der Waals surface area (Å²) in [4.78, 5) is 16.2. The molecule has 4 nitrogen and oxygen atoms in total. The second-order valence-electron chi connectivity index (χ2n) is 4.57. The van der Waals surface area contributed by atoms with Gasteiger partial charge in [0.05, 0.1) is 5.01 Å². The minimum absolute atomic E-state index is 0.0504. The van der Waals surface area contributed by atoms with Gasteiger partial charge < -0.3 is 9.88 Å². The molecule has 0 fully saturated rings. The van der Waals surface area contributed by atoms with Crippen molar-refractivity contribution in [2.75, 3.05) is 6.54 Å². The number of nitrogens with zero attached hydrogens (tertiary/aromatic N) is 2. The van der Waals surface area contributed by atoms with Crippen molar-refractivity contribution in [2.45, 2.75) is 6.42 Å². The third-order valence-corrected chi connectivity index (χ3v) is 3.98. The summed E-state index contributed by atoms with van der Waals surface area (Å²) in [7, 11) is 0. The molecule has 0 aliphatic rings. The molecule has 0 unspecified atom stereocenters. The number of carbonyl (C=O) groups excluding carboxylic acids is 1. The van der Waals surface area contributed by atoms with Crippen LogP contribution in [0.1, 0.15) is 15.4 Å². The summed E-state index contributed by atoms with van der Waals surface area (Å²) in [5, 5.41) is 5.89. The molecule has 3 rings (SSSR count). The van der Waals surface area contributed by atoms with E-state index in [2.05, 4.69) is 10.3 Å². The van der Waals surface area contributed by atoms with Crippen molar-refractivity contribution in [1.29, 1.82) is 0 Å². The predicted octanol–water partition coefficient (Wildman–Crippen LogP) is 2.91. The molecular formula is C16H15N3OS. The van der Waals surface area contributed by atoms with Gasteiger partial charge in [-0.25, -0.2) is 4.98 Å². The zero-order valence-electron chi connectivity index (χ0n) is 11.4. The Labute approximate surface area is 127 Å². The Morgan fingerprint density at radius 1 is 1.19 bits per heavy atom. The van der Waals surface area contributed by atoms with Crippen LogP contribution in [0.3, 0.4) is 0 Å². The van der Waals surface area contributed by atoms with Crippen LogP contribution in [-0.2, 0) is 6.42 Å². The van der Waals surface area contributed by atoms with Crippen molar-refractivity contribution >= 4 is 17.2 Å². The highest BCUT2D eigenvalue weighted by atomic mass is 32.1. The molecule has 106 valence electrons. The lowest BCUT2D eigenvalue weighted by atomic mass is 10.2. The Kier molecular flexibility index (Phi) is 4.12. The molecule has 0 radical (unpaired) electrons. The van der Waals surface area contributed by atoms with Gasteiger partial charge in [-0.2, -0.15) is 0 Å². The number of amides is 1. The molecule has 0 saturated carbocycles. The van der Waals surface area contributed by atoms with E-state index in [-0.39, 0.29) is 5.91 Å². The topological polar surface area (TPSA) is 46.9 Å². The monoisotopic (exact) mass is 297 g/mol. The van der Waals surface area contributed by atoms with Crippen LogP contribution >= 0.6 is 11.3 Å². The Morgan fingerprint density at radius 2 is 1.95 bits per heavy atom. The van der Waals surface area contributed by atoms with Gasteiger partial charge in [-0.3, -0.25) is 4.79 Å². The Bertz CT molecular complexity index is 688.